The maximum absolute atomic E-state index is 12.5. The van der Waals surface area contributed by atoms with Crippen LogP contribution in [0.2, 0.25) is 0 Å². The molecule has 1 amide bonds. The van der Waals surface area contributed by atoms with E-state index < -0.39 is 17.0 Å². The third-order valence-electron chi connectivity index (χ3n) is 3.69. The topological polar surface area (TPSA) is 99.0 Å². The zero-order valence-electron chi connectivity index (χ0n) is 16.0. The molecule has 0 fully saturated rings. The molecule has 0 aromatic heterocycles. The highest BCUT2D eigenvalue weighted by atomic mass is 16.6. The van der Waals surface area contributed by atoms with Crippen molar-refractivity contribution in [2.45, 2.75) is 59.7 Å². The number of carbonyl (C=O) groups is 2. The first-order valence-corrected chi connectivity index (χ1v) is 8.54. The number of benzene rings is 1. The Hall–Kier alpha value is -2.64. The van der Waals surface area contributed by atoms with E-state index in [9.17, 15) is 19.7 Å². The van der Waals surface area contributed by atoms with Crippen molar-refractivity contribution in [1.29, 1.82) is 0 Å². The van der Waals surface area contributed by atoms with E-state index in [1.165, 1.54) is 19.1 Å². The molecular weight excluding hydrogens is 340 g/mol. The molecule has 1 aromatic rings. The van der Waals surface area contributed by atoms with Gasteiger partial charge in [0.2, 0.25) is 0 Å². The number of carbonyl (C=O) groups excluding carboxylic acids is 2. The van der Waals surface area contributed by atoms with Gasteiger partial charge in [-0.1, -0.05) is 0 Å². The molecule has 26 heavy (non-hydrogen) atoms. The number of amides is 1. The summed E-state index contributed by atoms with van der Waals surface area (Å²) < 4.78 is 10.4. The number of nitrogens with zero attached hydrogens (tertiary/aromatic N) is 2. The van der Waals surface area contributed by atoms with Gasteiger partial charge in [-0.25, -0.2) is 4.79 Å². The van der Waals surface area contributed by atoms with Crippen molar-refractivity contribution < 1.29 is 24.0 Å². The molecule has 0 heterocycles. The maximum atomic E-state index is 12.5. The molecule has 144 valence electrons. The van der Waals surface area contributed by atoms with E-state index in [0.29, 0.717) is 0 Å². The van der Waals surface area contributed by atoms with Crippen molar-refractivity contribution in [3.63, 3.8) is 0 Å². The van der Waals surface area contributed by atoms with Gasteiger partial charge in [-0.2, -0.15) is 0 Å². The van der Waals surface area contributed by atoms with Gasteiger partial charge in [-0.15, -0.1) is 0 Å². The first-order valence-electron chi connectivity index (χ1n) is 8.54. The second-order valence-electron chi connectivity index (χ2n) is 6.35. The monoisotopic (exact) mass is 366 g/mol. The average molecular weight is 366 g/mol. The van der Waals surface area contributed by atoms with E-state index in [1.807, 2.05) is 27.7 Å². The van der Waals surface area contributed by atoms with E-state index in [2.05, 4.69) is 0 Å². The normalized spacial score (nSPS) is 12.0. The van der Waals surface area contributed by atoms with Crippen LogP contribution in [0.1, 0.15) is 51.9 Å². The van der Waals surface area contributed by atoms with Crippen LogP contribution >= 0.6 is 0 Å². The molecule has 1 aromatic carbocycles. The third-order valence-corrected chi connectivity index (χ3v) is 3.69. The van der Waals surface area contributed by atoms with Crippen molar-refractivity contribution in [2.75, 3.05) is 6.61 Å². The minimum absolute atomic E-state index is 0.0135. The molecule has 1 atom stereocenters. The molecule has 0 aliphatic heterocycles. The number of ether oxygens (including phenoxy) is 2. The Labute approximate surface area is 153 Å². The Bertz CT molecular complexity index is 664. The molecule has 0 saturated heterocycles. The Balaban J connectivity index is 2.98. The van der Waals surface area contributed by atoms with Gasteiger partial charge in [-0.05, 0) is 53.7 Å². The van der Waals surface area contributed by atoms with Crippen molar-refractivity contribution in [3.05, 3.63) is 33.9 Å². The fourth-order valence-electron chi connectivity index (χ4n) is 2.66. The lowest BCUT2D eigenvalue weighted by Gasteiger charge is -2.32. The fraction of sp³-hybridized carbons (Fsp3) is 0.556. The zero-order valence-corrected chi connectivity index (χ0v) is 16.0. The lowest BCUT2D eigenvalue weighted by Crippen LogP contribution is -2.47. The minimum atomic E-state index is -1.00. The van der Waals surface area contributed by atoms with E-state index in [1.54, 1.807) is 11.8 Å². The largest absolute Gasteiger partial charge is 0.487 e. The molecule has 8 heteroatoms. The smallest absolute Gasteiger partial charge is 0.339 e. The molecule has 0 N–H and O–H groups in total. The van der Waals surface area contributed by atoms with Gasteiger partial charge in [-0.3, -0.25) is 14.9 Å². The Kier molecular flexibility index (Phi) is 7.55. The fourth-order valence-corrected chi connectivity index (χ4v) is 2.66. The third kappa shape index (κ3) is 5.18. The quantitative estimate of drug-likeness (QED) is 0.398. The van der Waals surface area contributed by atoms with Crippen molar-refractivity contribution >= 4 is 17.6 Å². The lowest BCUT2D eigenvalue weighted by atomic mass is 10.1. The summed E-state index contributed by atoms with van der Waals surface area (Å²) in [6.45, 7) is 11.0. The molecule has 0 bridgehead atoms. The maximum Gasteiger partial charge on any atom is 0.339 e. The van der Waals surface area contributed by atoms with Crippen LogP contribution in [0.15, 0.2) is 18.2 Å². The standard InChI is InChI=1S/C18H26N2O6/c1-7-25-16-9-8-14(10-15(16)20(23)24)18(22)26-13(6)17(21)19(11(2)3)12(4)5/h8-13H,7H2,1-6H3/t13-/m0/s1. The van der Waals surface area contributed by atoms with Crippen LogP contribution in [0.4, 0.5) is 5.69 Å². The molecule has 0 aliphatic rings. The van der Waals surface area contributed by atoms with Crippen molar-refractivity contribution in [2.24, 2.45) is 0 Å². The lowest BCUT2D eigenvalue weighted by molar-refractivity contribution is -0.385. The first-order chi connectivity index (χ1) is 12.1. The van der Waals surface area contributed by atoms with Gasteiger partial charge >= 0.3 is 11.7 Å². The highest BCUT2D eigenvalue weighted by Crippen LogP contribution is 2.28. The first kappa shape index (κ1) is 21.4. The van der Waals surface area contributed by atoms with Crippen LogP contribution in [-0.2, 0) is 9.53 Å². The zero-order chi connectivity index (χ0) is 20.0. The molecule has 0 aliphatic carbocycles. The molecule has 0 unspecified atom stereocenters. The van der Waals surface area contributed by atoms with Gasteiger partial charge in [0.25, 0.3) is 5.91 Å². The summed E-state index contributed by atoms with van der Waals surface area (Å²) in [7, 11) is 0. The van der Waals surface area contributed by atoms with Crippen LogP contribution < -0.4 is 4.74 Å². The van der Waals surface area contributed by atoms with Crippen molar-refractivity contribution in [3.8, 4) is 5.75 Å². The van der Waals surface area contributed by atoms with E-state index >= 15 is 0 Å². The Morgan fingerprint density at radius 1 is 1.15 bits per heavy atom. The molecule has 8 nitrogen and oxygen atoms in total. The number of rotatable bonds is 8. The van der Waals surface area contributed by atoms with Crippen LogP contribution in [0.3, 0.4) is 0 Å². The average Bonchev–Trinajstić information content (AvgIpc) is 2.54. The molecule has 0 radical (unpaired) electrons. The Morgan fingerprint density at radius 3 is 2.19 bits per heavy atom. The second-order valence-corrected chi connectivity index (χ2v) is 6.35. The summed E-state index contributed by atoms with van der Waals surface area (Å²) in [6.07, 6.45) is -1.00. The predicted molar refractivity (Wildman–Crippen MR) is 96.3 cm³/mol. The van der Waals surface area contributed by atoms with E-state index in [4.69, 9.17) is 9.47 Å². The van der Waals surface area contributed by atoms with E-state index in [-0.39, 0.29) is 41.6 Å². The number of nitro groups is 1. The van der Waals surface area contributed by atoms with Crippen LogP contribution in [-0.4, -0.2) is 46.5 Å². The summed E-state index contributed by atoms with van der Waals surface area (Å²) in [5, 5.41) is 11.2. The summed E-state index contributed by atoms with van der Waals surface area (Å²) in [6, 6.07) is 3.72. The summed E-state index contributed by atoms with van der Waals surface area (Å²) in [5.74, 6) is -1.04. The number of hydrogen-bond donors (Lipinski definition) is 0. The molecular formula is C18H26N2O6. The van der Waals surface area contributed by atoms with Crippen LogP contribution in [0.25, 0.3) is 0 Å². The van der Waals surface area contributed by atoms with Gasteiger partial charge in [0, 0.05) is 18.2 Å². The number of esters is 1. The van der Waals surface area contributed by atoms with Crippen molar-refractivity contribution in [1.82, 2.24) is 4.90 Å². The number of nitro benzene ring substituents is 1. The van der Waals surface area contributed by atoms with Gasteiger partial charge < -0.3 is 14.4 Å². The number of hydrogen-bond acceptors (Lipinski definition) is 6. The second kappa shape index (κ2) is 9.17. The van der Waals surface area contributed by atoms with Crippen LogP contribution in [0, 0.1) is 10.1 Å². The summed E-state index contributed by atoms with van der Waals surface area (Å²) in [5.41, 5.74) is -0.341. The highest BCUT2D eigenvalue weighted by Gasteiger charge is 2.28. The summed E-state index contributed by atoms with van der Waals surface area (Å²) in [4.78, 5) is 37.0. The van der Waals surface area contributed by atoms with E-state index in [0.717, 1.165) is 6.07 Å². The van der Waals surface area contributed by atoms with Gasteiger partial charge in [0.05, 0.1) is 17.1 Å². The highest BCUT2D eigenvalue weighted by molar-refractivity contribution is 5.93. The minimum Gasteiger partial charge on any atom is -0.487 e. The SMILES string of the molecule is CCOc1ccc(C(=O)O[C@@H](C)C(=O)N(C(C)C)C(C)C)cc1[N+](=O)[O-]. The molecule has 0 saturated carbocycles. The molecule has 1 rings (SSSR count). The van der Waals surface area contributed by atoms with Gasteiger partial charge in [0.15, 0.2) is 11.9 Å². The van der Waals surface area contributed by atoms with Gasteiger partial charge in [0.1, 0.15) is 0 Å². The summed E-state index contributed by atoms with van der Waals surface area (Å²) >= 11 is 0. The Morgan fingerprint density at radius 2 is 1.73 bits per heavy atom. The molecule has 0 spiro atoms. The van der Waals surface area contributed by atoms with Crippen LogP contribution in [0.5, 0.6) is 5.75 Å². The predicted octanol–water partition coefficient (Wildman–Crippen LogP) is 3.18.